The summed E-state index contributed by atoms with van der Waals surface area (Å²) < 4.78 is 0. The molecule has 0 spiro atoms. The minimum atomic E-state index is -0.596. The lowest BCUT2D eigenvalue weighted by Crippen LogP contribution is -2.44. The van der Waals surface area contributed by atoms with Crippen LogP contribution in [-0.2, 0) is 20.8 Å². The molecule has 3 N–H and O–H groups in total. The summed E-state index contributed by atoms with van der Waals surface area (Å²) in [6, 6.07) is 14.4. The molecule has 1 aliphatic heterocycles. The fourth-order valence-electron chi connectivity index (χ4n) is 3.88. The summed E-state index contributed by atoms with van der Waals surface area (Å²) in [6.45, 7) is 5.51. The van der Waals surface area contributed by atoms with Crippen molar-refractivity contribution in [2.24, 2.45) is 0 Å². The smallest absolute Gasteiger partial charge is 0.246 e. The van der Waals surface area contributed by atoms with Crippen LogP contribution in [0, 0.1) is 0 Å². The normalized spacial score (nSPS) is 14.0. The highest BCUT2D eigenvalue weighted by molar-refractivity contribution is 5.97. The molecule has 1 saturated heterocycles. The second-order valence-corrected chi connectivity index (χ2v) is 8.20. The van der Waals surface area contributed by atoms with E-state index in [1.54, 1.807) is 24.3 Å². The molecule has 1 aliphatic rings. The fourth-order valence-corrected chi connectivity index (χ4v) is 3.88. The van der Waals surface area contributed by atoms with Gasteiger partial charge in [-0.25, -0.2) is 0 Å². The molecule has 3 amide bonds. The van der Waals surface area contributed by atoms with E-state index in [9.17, 15) is 14.4 Å². The first-order valence-corrected chi connectivity index (χ1v) is 11.3. The van der Waals surface area contributed by atoms with E-state index in [1.807, 2.05) is 25.1 Å². The van der Waals surface area contributed by atoms with Crippen LogP contribution in [0.25, 0.3) is 0 Å². The van der Waals surface area contributed by atoms with Gasteiger partial charge in [0.2, 0.25) is 17.7 Å². The van der Waals surface area contributed by atoms with Crippen molar-refractivity contribution in [2.75, 3.05) is 28.6 Å². The van der Waals surface area contributed by atoms with Gasteiger partial charge in [-0.1, -0.05) is 31.5 Å². The van der Waals surface area contributed by atoms with E-state index in [4.69, 9.17) is 0 Å². The first kappa shape index (κ1) is 23.3. The molecule has 2 aromatic carbocycles. The number of hydrogen-bond acceptors (Lipinski definition) is 4. The van der Waals surface area contributed by atoms with Crippen molar-refractivity contribution in [3.63, 3.8) is 0 Å². The number of nitrogens with one attached hydrogen (secondary N) is 3. The van der Waals surface area contributed by atoms with E-state index in [2.05, 4.69) is 26.9 Å². The Labute approximate surface area is 189 Å². The molecule has 32 heavy (non-hydrogen) atoms. The van der Waals surface area contributed by atoms with Gasteiger partial charge in [0.15, 0.2) is 0 Å². The van der Waals surface area contributed by atoms with Crippen LogP contribution in [0.1, 0.15) is 45.1 Å². The fraction of sp³-hybridized carbons (Fsp3) is 0.400. The number of carbonyl (C=O) groups is 3. The van der Waals surface area contributed by atoms with Crippen molar-refractivity contribution in [1.82, 2.24) is 5.32 Å². The predicted molar refractivity (Wildman–Crippen MR) is 128 cm³/mol. The van der Waals surface area contributed by atoms with Gasteiger partial charge >= 0.3 is 0 Å². The molecular weight excluding hydrogens is 404 g/mol. The van der Waals surface area contributed by atoms with Gasteiger partial charge in [0.25, 0.3) is 0 Å². The number of benzene rings is 2. The first-order chi connectivity index (χ1) is 15.4. The molecule has 1 heterocycles. The Balaban J connectivity index is 1.58. The van der Waals surface area contributed by atoms with Crippen LogP contribution in [0.2, 0.25) is 0 Å². The highest BCUT2D eigenvalue weighted by Crippen LogP contribution is 2.23. The van der Waals surface area contributed by atoms with Crippen LogP contribution >= 0.6 is 0 Å². The van der Waals surface area contributed by atoms with Crippen molar-refractivity contribution < 1.29 is 14.4 Å². The summed E-state index contributed by atoms with van der Waals surface area (Å²) in [7, 11) is 0. The van der Waals surface area contributed by atoms with E-state index in [-0.39, 0.29) is 24.1 Å². The largest absolute Gasteiger partial charge is 0.371 e. The number of rotatable bonds is 9. The zero-order chi connectivity index (χ0) is 22.9. The SMILES string of the molecule is CCCC(NC(=O)Cc1ccc(NC(C)=O)cc1)C(=O)Nc1cccc(N2CCCC2)c1. The summed E-state index contributed by atoms with van der Waals surface area (Å²) >= 11 is 0. The lowest BCUT2D eigenvalue weighted by Gasteiger charge is -2.20. The summed E-state index contributed by atoms with van der Waals surface area (Å²) in [6.07, 6.45) is 3.88. The Morgan fingerprint density at radius 1 is 0.969 bits per heavy atom. The number of anilines is 3. The summed E-state index contributed by atoms with van der Waals surface area (Å²) in [5.74, 6) is -0.564. The van der Waals surface area contributed by atoms with Crippen molar-refractivity contribution in [3.8, 4) is 0 Å². The summed E-state index contributed by atoms with van der Waals surface area (Å²) in [4.78, 5) is 38.9. The maximum atomic E-state index is 12.9. The van der Waals surface area contributed by atoms with Crippen molar-refractivity contribution in [2.45, 2.75) is 52.0 Å². The lowest BCUT2D eigenvalue weighted by atomic mass is 10.1. The number of nitrogens with zero attached hydrogens (tertiary/aromatic N) is 1. The van der Waals surface area contributed by atoms with E-state index >= 15 is 0 Å². The van der Waals surface area contributed by atoms with Gasteiger partial charge in [-0.3, -0.25) is 14.4 Å². The van der Waals surface area contributed by atoms with Crippen molar-refractivity contribution >= 4 is 34.8 Å². The number of carbonyl (C=O) groups excluding carboxylic acids is 3. The van der Waals surface area contributed by atoms with Crippen LogP contribution < -0.4 is 20.9 Å². The van der Waals surface area contributed by atoms with Crippen LogP contribution in [0.4, 0.5) is 17.1 Å². The van der Waals surface area contributed by atoms with E-state index < -0.39 is 6.04 Å². The molecule has 0 radical (unpaired) electrons. The Morgan fingerprint density at radius 2 is 1.69 bits per heavy atom. The molecule has 7 nitrogen and oxygen atoms in total. The third-order valence-corrected chi connectivity index (χ3v) is 5.45. The standard InChI is InChI=1S/C25H32N4O3/c1-3-7-23(28-24(31)16-19-10-12-20(13-11-19)26-18(2)30)25(32)27-21-8-6-9-22(17-21)29-14-4-5-15-29/h6,8-13,17,23H,3-5,7,14-16H2,1-2H3,(H,26,30)(H,27,32)(H,28,31). The van der Waals surface area contributed by atoms with Gasteiger partial charge < -0.3 is 20.9 Å². The Morgan fingerprint density at radius 3 is 2.34 bits per heavy atom. The Kier molecular flexibility index (Phi) is 8.25. The second kappa shape index (κ2) is 11.3. The van der Waals surface area contributed by atoms with Crippen LogP contribution in [0.5, 0.6) is 0 Å². The van der Waals surface area contributed by atoms with Crippen LogP contribution in [0.15, 0.2) is 48.5 Å². The molecule has 7 heteroatoms. The third kappa shape index (κ3) is 6.83. The average Bonchev–Trinajstić information content (AvgIpc) is 3.30. The first-order valence-electron chi connectivity index (χ1n) is 11.3. The third-order valence-electron chi connectivity index (χ3n) is 5.45. The van der Waals surface area contributed by atoms with Gasteiger partial charge in [-0.05, 0) is 55.2 Å². The van der Waals surface area contributed by atoms with Crippen molar-refractivity contribution in [3.05, 3.63) is 54.1 Å². The molecular formula is C25H32N4O3. The van der Waals surface area contributed by atoms with Crippen LogP contribution in [0.3, 0.4) is 0 Å². The van der Waals surface area contributed by atoms with E-state index in [0.717, 1.165) is 36.4 Å². The second-order valence-electron chi connectivity index (χ2n) is 8.20. The van der Waals surface area contributed by atoms with E-state index in [0.29, 0.717) is 12.1 Å². The number of amides is 3. The van der Waals surface area contributed by atoms with Crippen LogP contribution in [-0.4, -0.2) is 36.9 Å². The van der Waals surface area contributed by atoms with E-state index in [1.165, 1.54) is 19.8 Å². The van der Waals surface area contributed by atoms with Crippen molar-refractivity contribution in [1.29, 1.82) is 0 Å². The maximum Gasteiger partial charge on any atom is 0.246 e. The molecule has 0 aromatic heterocycles. The maximum absolute atomic E-state index is 12.9. The number of hydrogen-bond donors (Lipinski definition) is 3. The molecule has 0 saturated carbocycles. The molecule has 1 unspecified atom stereocenters. The van der Waals surface area contributed by atoms with Gasteiger partial charge in [-0.2, -0.15) is 0 Å². The minimum absolute atomic E-state index is 0.144. The van der Waals surface area contributed by atoms with Gasteiger partial charge in [0, 0.05) is 37.1 Å². The van der Waals surface area contributed by atoms with Gasteiger partial charge in [0.1, 0.15) is 6.04 Å². The zero-order valence-electron chi connectivity index (χ0n) is 18.8. The summed E-state index contributed by atoms with van der Waals surface area (Å²) in [5.41, 5.74) is 3.34. The quantitative estimate of drug-likeness (QED) is 0.559. The molecule has 0 bridgehead atoms. The van der Waals surface area contributed by atoms with Gasteiger partial charge in [-0.15, -0.1) is 0 Å². The predicted octanol–water partition coefficient (Wildman–Crippen LogP) is 3.71. The Bertz CT molecular complexity index is 936. The highest BCUT2D eigenvalue weighted by atomic mass is 16.2. The highest BCUT2D eigenvalue weighted by Gasteiger charge is 2.21. The topological polar surface area (TPSA) is 90.5 Å². The molecule has 2 aromatic rings. The van der Waals surface area contributed by atoms with Gasteiger partial charge in [0.05, 0.1) is 6.42 Å². The Hall–Kier alpha value is -3.35. The molecule has 0 aliphatic carbocycles. The zero-order valence-corrected chi connectivity index (χ0v) is 18.8. The lowest BCUT2D eigenvalue weighted by molar-refractivity contribution is -0.126. The minimum Gasteiger partial charge on any atom is -0.371 e. The average molecular weight is 437 g/mol. The summed E-state index contributed by atoms with van der Waals surface area (Å²) in [5, 5.41) is 8.54. The molecule has 170 valence electrons. The molecule has 1 fully saturated rings. The monoisotopic (exact) mass is 436 g/mol. The molecule has 3 rings (SSSR count). The molecule has 1 atom stereocenters.